The molecule has 1 N–H and O–H groups in total. The van der Waals surface area contributed by atoms with E-state index in [1.165, 1.54) is 0 Å². The van der Waals surface area contributed by atoms with Crippen LogP contribution in [0.25, 0.3) is 0 Å². The summed E-state index contributed by atoms with van der Waals surface area (Å²) < 4.78 is 34.9. The van der Waals surface area contributed by atoms with Crippen LogP contribution < -0.4 is 4.74 Å². The van der Waals surface area contributed by atoms with Gasteiger partial charge in [0.1, 0.15) is 19.0 Å². The fourth-order valence-electron chi connectivity index (χ4n) is 2.28. The van der Waals surface area contributed by atoms with Crippen LogP contribution in [0.3, 0.4) is 0 Å². The number of rotatable bonds is 5. The van der Waals surface area contributed by atoms with Crippen LogP contribution in [0.4, 0.5) is 8.78 Å². The summed E-state index contributed by atoms with van der Waals surface area (Å²) in [4.78, 5) is 10.8. The van der Waals surface area contributed by atoms with Crippen molar-refractivity contribution in [2.24, 2.45) is 0 Å². The molecule has 0 aliphatic heterocycles. The van der Waals surface area contributed by atoms with Crippen molar-refractivity contribution >= 4 is 5.97 Å². The number of aliphatic hydroxyl groups excluding tert-OH is 1. The first kappa shape index (κ1) is 15.7. The number of ether oxygens (including phenoxy) is 2. The standard InChI is InChI=1S/C15H18F2O4/c1-15(16,17)14(19)21-8-7-20-11-5-6-12-10(9-11)3-2-4-13(12)18/h5-6,9,13,18H,2-4,7-8H2,1H3. The summed E-state index contributed by atoms with van der Waals surface area (Å²) in [5, 5.41) is 9.83. The van der Waals surface area contributed by atoms with Gasteiger partial charge in [0.2, 0.25) is 0 Å². The molecule has 0 radical (unpaired) electrons. The van der Waals surface area contributed by atoms with Crippen molar-refractivity contribution < 1.29 is 28.2 Å². The van der Waals surface area contributed by atoms with E-state index in [0.29, 0.717) is 12.7 Å². The lowest BCUT2D eigenvalue weighted by Gasteiger charge is -2.21. The van der Waals surface area contributed by atoms with Crippen LogP contribution in [0.5, 0.6) is 5.75 Å². The van der Waals surface area contributed by atoms with Crippen molar-refractivity contribution in [2.45, 2.75) is 38.2 Å². The summed E-state index contributed by atoms with van der Waals surface area (Å²) in [5.74, 6) is -4.47. The van der Waals surface area contributed by atoms with Gasteiger partial charge in [-0.25, -0.2) is 4.79 Å². The summed E-state index contributed by atoms with van der Waals surface area (Å²) in [6.45, 7) is 0.260. The minimum atomic E-state index is -3.48. The first-order valence-corrected chi connectivity index (χ1v) is 6.86. The van der Waals surface area contributed by atoms with Gasteiger partial charge in [-0.15, -0.1) is 0 Å². The van der Waals surface area contributed by atoms with E-state index in [9.17, 15) is 18.7 Å². The van der Waals surface area contributed by atoms with Gasteiger partial charge in [-0.05, 0) is 42.5 Å². The molecule has 1 aromatic carbocycles. The van der Waals surface area contributed by atoms with Crippen LogP contribution >= 0.6 is 0 Å². The molecule has 4 nitrogen and oxygen atoms in total. The molecular formula is C15H18F2O4. The quantitative estimate of drug-likeness (QED) is 0.671. The molecule has 21 heavy (non-hydrogen) atoms. The van der Waals surface area contributed by atoms with Gasteiger partial charge in [-0.1, -0.05) is 6.07 Å². The molecule has 1 aliphatic carbocycles. The van der Waals surface area contributed by atoms with Gasteiger partial charge >= 0.3 is 11.9 Å². The predicted molar refractivity (Wildman–Crippen MR) is 71.4 cm³/mol. The van der Waals surface area contributed by atoms with E-state index >= 15 is 0 Å². The molecule has 1 unspecified atom stereocenters. The van der Waals surface area contributed by atoms with Crippen molar-refractivity contribution in [3.8, 4) is 5.75 Å². The van der Waals surface area contributed by atoms with Crippen molar-refractivity contribution in [3.63, 3.8) is 0 Å². The fraction of sp³-hybridized carbons (Fsp3) is 0.533. The summed E-state index contributed by atoms with van der Waals surface area (Å²) in [5.41, 5.74) is 1.94. The van der Waals surface area contributed by atoms with Gasteiger partial charge in [0.15, 0.2) is 0 Å². The second-order valence-electron chi connectivity index (χ2n) is 5.14. The molecule has 0 amide bonds. The number of esters is 1. The maximum atomic E-state index is 12.6. The number of fused-ring (bicyclic) bond motifs is 1. The highest BCUT2D eigenvalue weighted by Gasteiger charge is 2.34. The van der Waals surface area contributed by atoms with Gasteiger partial charge < -0.3 is 14.6 Å². The van der Waals surface area contributed by atoms with Gasteiger partial charge in [0.25, 0.3) is 0 Å². The minimum Gasteiger partial charge on any atom is -0.490 e. The number of halogens is 2. The number of aryl methyl sites for hydroxylation is 1. The predicted octanol–water partition coefficient (Wildman–Crippen LogP) is 2.63. The lowest BCUT2D eigenvalue weighted by molar-refractivity contribution is -0.169. The minimum absolute atomic E-state index is 0.00314. The van der Waals surface area contributed by atoms with E-state index in [1.54, 1.807) is 12.1 Å². The molecule has 0 spiro atoms. The summed E-state index contributed by atoms with van der Waals surface area (Å²) in [6.07, 6.45) is 2.12. The smallest absolute Gasteiger partial charge is 0.376 e. The van der Waals surface area contributed by atoms with Crippen molar-refractivity contribution in [1.29, 1.82) is 0 Å². The third-order valence-electron chi connectivity index (χ3n) is 3.34. The number of carbonyl (C=O) groups excluding carboxylic acids is 1. The maximum Gasteiger partial charge on any atom is 0.376 e. The zero-order chi connectivity index (χ0) is 15.5. The topological polar surface area (TPSA) is 55.8 Å². The Balaban J connectivity index is 1.83. The maximum absolute atomic E-state index is 12.6. The molecule has 0 saturated carbocycles. The number of benzene rings is 1. The second-order valence-corrected chi connectivity index (χ2v) is 5.14. The van der Waals surface area contributed by atoms with Gasteiger partial charge in [0, 0.05) is 6.92 Å². The Hall–Kier alpha value is -1.69. The molecule has 0 fully saturated rings. The molecule has 1 aromatic rings. The normalized spacial score (nSPS) is 18.0. The van der Waals surface area contributed by atoms with E-state index in [-0.39, 0.29) is 13.2 Å². The van der Waals surface area contributed by atoms with E-state index in [0.717, 1.165) is 30.4 Å². The van der Waals surface area contributed by atoms with Gasteiger partial charge in [-0.3, -0.25) is 0 Å². The average Bonchev–Trinajstić information content (AvgIpc) is 2.42. The summed E-state index contributed by atoms with van der Waals surface area (Å²) in [7, 11) is 0. The highest BCUT2D eigenvalue weighted by Crippen LogP contribution is 2.31. The SMILES string of the molecule is CC(F)(F)C(=O)OCCOc1ccc2c(c1)CCCC2O. The van der Waals surface area contributed by atoms with Crippen LogP contribution in [-0.4, -0.2) is 30.2 Å². The Labute approximate surface area is 121 Å². The Bertz CT molecular complexity index is 511. The highest BCUT2D eigenvalue weighted by molar-refractivity contribution is 5.76. The molecule has 0 heterocycles. The number of carbonyl (C=O) groups is 1. The first-order valence-electron chi connectivity index (χ1n) is 6.86. The Morgan fingerprint density at radius 1 is 1.43 bits per heavy atom. The molecule has 0 aromatic heterocycles. The number of alkyl halides is 2. The van der Waals surface area contributed by atoms with Crippen molar-refractivity contribution in [2.75, 3.05) is 13.2 Å². The summed E-state index contributed by atoms with van der Waals surface area (Å²) in [6, 6.07) is 5.35. The molecule has 116 valence electrons. The van der Waals surface area contributed by atoms with Crippen LogP contribution in [0.15, 0.2) is 18.2 Å². The monoisotopic (exact) mass is 300 g/mol. The zero-order valence-corrected chi connectivity index (χ0v) is 11.8. The number of hydrogen-bond donors (Lipinski definition) is 1. The Morgan fingerprint density at radius 3 is 2.90 bits per heavy atom. The highest BCUT2D eigenvalue weighted by atomic mass is 19.3. The molecule has 2 rings (SSSR count). The molecule has 0 bridgehead atoms. The van der Waals surface area contributed by atoms with Gasteiger partial charge in [-0.2, -0.15) is 8.78 Å². The van der Waals surface area contributed by atoms with Crippen LogP contribution in [0.1, 0.15) is 37.0 Å². The first-order chi connectivity index (χ1) is 9.88. The van der Waals surface area contributed by atoms with E-state index in [2.05, 4.69) is 4.74 Å². The van der Waals surface area contributed by atoms with Crippen LogP contribution in [0.2, 0.25) is 0 Å². The van der Waals surface area contributed by atoms with Gasteiger partial charge in [0.05, 0.1) is 6.10 Å². The summed E-state index contributed by atoms with van der Waals surface area (Å²) >= 11 is 0. The number of aliphatic hydroxyl groups is 1. The molecule has 1 atom stereocenters. The van der Waals surface area contributed by atoms with Crippen LogP contribution in [-0.2, 0) is 16.0 Å². The third kappa shape index (κ3) is 4.14. The molecular weight excluding hydrogens is 282 g/mol. The van der Waals surface area contributed by atoms with E-state index < -0.39 is 18.0 Å². The molecule has 1 aliphatic rings. The van der Waals surface area contributed by atoms with Crippen molar-refractivity contribution in [1.82, 2.24) is 0 Å². The number of hydrogen-bond acceptors (Lipinski definition) is 4. The Morgan fingerprint density at radius 2 is 2.19 bits per heavy atom. The lowest BCUT2D eigenvalue weighted by atomic mass is 9.89. The fourth-order valence-corrected chi connectivity index (χ4v) is 2.28. The lowest BCUT2D eigenvalue weighted by Crippen LogP contribution is -2.28. The Kier molecular flexibility index (Phi) is 4.77. The van der Waals surface area contributed by atoms with Crippen molar-refractivity contribution in [3.05, 3.63) is 29.3 Å². The molecule has 6 heteroatoms. The molecule has 0 saturated heterocycles. The van der Waals surface area contributed by atoms with Crippen LogP contribution in [0, 0.1) is 0 Å². The van der Waals surface area contributed by atoms with E-state index in [4.69, 9.17) is 4.74 Å². The second kappa shape index (κ2) is 6.39. The largest absolute Gasteiger partial charge is 0.490 e. The average molecular weight is 300 g/mol. The zero-order valence-electron chi connectivity index (χ0n) is 11.8. The van der Waals surface area contributed by atoms with E-state index in [1.807, 2.05) is 6.07 Å². The third-order valence-corrected chi connectivity index (χ3v) is 3.34.